The van der Waals surface area contributed by atoms with Crippen LogP contribution in [0, 0.1) is 0 Å². The van der Waals surface area contributed by atoms with E-state index in [4.69, 9.17) is 0 Å². The fraction of sp³-hybridized carbons (Fsp3) is 0.143. The van der Waals surface area contributed by atoms with Crippen LogP contribution >= 0.6 is 11.8 Å². The lowest BCUT2D eigenvalue weighted by Crippen LogP contribution is -2.40. The highest BCUT2D eigenvalue weighted by Crippen LogP contribution is 2.25. The second kappa shape index (κ2) is 2.29. The molecule has 0 radical (unpaired) electrons. The van der Waals surface area contributed by atoms with Crippen molar-refractivity contribution in [2.24, 2.45) is 9.98 Å². The minimum Gasteiger partial charge on any atom is -0.266 e. The summed E-state index contributed by atoms with van der Waals surface area (Å²) in [6.45, 7) is 0. The minimum absolute atomic E-state index is 0.247. The highest BCUT2D eigenvalue weighted by molar-refractivity contribution is 8.09. The van der Waals surface area contributed by atoms with Gasteiger partial charge in [-0.05, 0) is 0 Å². The monoisotopic (exact) mass is 192 g/mol. The van der Waals surface area contributed by atoms with Crippen LogP contribution in [0.1, 0.15) is 0 Å². The molecule has 0 bridgehead atoms. The fourth-order valence-corrected chi connectivity index (χ4v) is 2.21. The van der Waals surface area contributed by atoms with Crippen LogP contribution in [0.25, 0.3) is 4.91 Å². The molecule has 0 fully saturated rings. The Bertz CT molecular complexity index is 585. The summed E-state index contributed by atoms with van der Waals surface area (Å²) >= 11 is 1.59. The molecule has 1 N–H and O–H groups in total. The van der Waals surface area contributed by atoms with Gasteiger partial charge < -0.3 is 0 Å². The SMILES string of the molecule is O=c1[nH]ncc2c1=NC1=NCSC=21. The Morgan fingerprint density at radius 3 is 3.38 bits per heavy atom. The van der Waals surface area contributed by atoms with Gasteiger partial charge in [0.2, 0.25) is 0 Å². The first kappa shape index (κ1) is 7.02. The second-order valence-corrected chi connectivity index (χ2v) is 3.61. The molecule has 2 aliphatic heterocycles. The van der Waals surface area contributed by atoms with Gasteiger partial charge in [-0.2, -0.15) is 5.10 Å². The Morgan fingerprint density at radius 1 is 1.54 bits per heavy atom. The topological polar surface area (TPSA) is 70.5 Å². The zero-order valence-electron chi connectivity index (χ0n) is 6.44. The lowest BCUT2D eigenvalue weighted by molar-refractivity contribution is 0.951. The molecule has 64 valence electrons. The number of aromatic amines is 1. The molecule has 0 saturated carbocycles. The quantitative estimate of drug-likeness (QED) is 0.550. The summed E-state index contributed by atoms with van der Waals surface area (Å²) in [6.07, 6.45) is 1.62. The standard InChI is InChI=1S/C7H4N4OS/c12-7-4-3(1-9-11-7)5-6(10-4)8-2-13-5/h1H,2H2,(H,11,12). The molecule has 1 aromatic rings. The van der Waals surface area contributed by atoms with Gasteiger partial charge >= 0.3 is 0 Å². The molecule has 2 aliphatic rings. The molecule has 3 rings (SSSR count). The van der Waals surface area contributed by atoms with Crippen molar-refractivity contribution in [1.82, 2.24) is 10.2 Å². The molecule has 0 unspecified atom stereocenters. The average Bonchev–Trinajstić information content (AvgIpc) is 2.65. The van der Waals surface area contributed by atoms with Crippen LogP contribution in [0.5, 0.6) is 0 Å². The van der Waals surface area contributed by atoms with Crippen LogP contribution in [-0.2, 0) is 0 Å². The molecule has 13 heavy (non-hydrogen) atoms. The van der Waals surface area contributed by atoms with E-state index in [1.54, 1.807) is 18.0 Å². The van der Waals surface area contributed by atoms with Crippen molar-refractivity contribution in [1.29, 1.82) is 0 Å². The zero-order valence-corrected chi connectivity index (χ0v) is 7.26. The van der Waals surface area contributed by atoms with Gasteiger partial charge in [0.05, 0.1) is 17.0 Å². The lowest BCUT2D eigenvalue weighted by Gasteiger charge is -1.86. The number of aromatic nitrogens is 2. The van der Waals surface area contributed by atoms with E-state index in [1.807, 2.05) is 0 Å². The van der Waals surface area contributed by atoms with Gasteiger partial charge in [0, 0.05) is 5.22 Å². The van der Waals surface area contributed by atoms with Gasteiger partial charge in [-0.3, -0.25) is 9.79 Å². The molecule has 5 nitrogen and oxygen atoms in total. The summed E-state index contributed by atoms with van der Waals surface area (Å²) in [5.74, 6) is 1.37. The van der Waals surface area contributed by atoms with Crippen molar-refractivity contribution in [2.75, 3.05) is 5.88 Å². The summed E-state index contributed by atoms with van der Waals surface area (Å²) in [7, 11) is 0. The number of fused-ring (bicyclic) bond motifs is 2. The first-order chi connectivity index (χ1) is 6.36. The second-order valence-electron chi connectivity index (χ2n) is 2.66. The van der Waals surface area contributed by atoms with Crippen molar-refractivity contribution in [2.45, 2.75) is 0 Å². The molecule has 0 amide bonds. The Kier molecular flexibility index (Phi) is 1.24. The van der Waals surface area contributed by atoms with Gasteiger partial charge in [0.1, 0.15) is 5.36 Å². The number of hydrogen-bond acceptors (Lipinski definition) is 5. The molecule has 0 aliphatic carbocycles. The van der Waals surface area contributed by atoms with Gasteiger partial charge in [-0.15, -0.1) is 0 Å². The number of hydrogen-bond donors (Lipinski definition) is 1. The summed E-state index contributed by atoms with van der Waals surface area (Å²) in [4.78, 5) is 20.5. The van der Waals surface area contributed by atoms with E-state index in [9.17, 15) is 4.79 Å². The third kappa shape index (κ3) is 0.831. The van der Waals surface area contributed by atoms with Gasteiger partial charge in [-0.25, -0.2) is 10.1 Å². The maximum atomic E-state index is 11.3. The predicted octanol–water partition coefficient (Wildman–Crippen LogP) is -1.39. The Morgan fingerprint density at radius 2 is 2.46 bits per heavy atom. The van der Waals surface area contributed by atoms with Crippen LogP contribution in [0.15, 0.2) is 21.0 Å². The molecule has 0 atom stereocenters. The minimum atomic E-state index is -0.247. The summed E-state index contributed by atoms with van der Waals surface area (Å²) < 4.78 is 0. The van der Waals surface area contributed by atoms with E-state index in [1.165, 1.54) is 0 Å². The van der Waals surface area contributed by atoms with Crippen molar-refractivity contribution >= 4 is 22.5 Å². The van der Waals surface area contributed by atoms with E-state index in [0.29, 0.717) is 17.1 Å². The smallest absolute Gasteiger partial charge is 0.266 e. The number of aliphatic imine (C=N–C) groups is 1. The van der Waals surface area contributed by atoms with E-state index >= 15 is 0 Å². The normalized spacial score (nSPS) is 17.8. The van der Waals surface area contributed by atoms with E-state index in [0.717, 1.165) is 10.1 Å². The Balaban J connectivity index is 2.60. The van der Waals surface area contributed by atoms with Crippen molar-refractivity contribution < 1.29 is 0 Å². The molecule has 0 aromatic carbocycles. The van der Waals surface area contributed by atoms with Crippen molar-refractivity contribution in [3.63, 3.8) is 0 Å². The van der Waals surface area contributed by atoms with Gasteiger partial charge in [-0.1, -0.05) is 11.8 Å². The first-order valence-corrected chi connectivity index (χ1v) is 4.69. The van der Waals surface area contributed by atoms with Crippen LogP contribution in [0.4, 0.5) is 0 Å². The Hall–Kier alpha value is -1.43. The van der Waals surface area contributed by atoms with Crippen LogP contribution < -0.4 is 16.1 Å². The molecular formula is C7H4N4OS. The number of nitrogens with one attached hydrogen (secondary N) is 1. The number of nitrogens with zero attached hydrogens (tertiary/aromatic N) is 3. The summed E-state index contributed by atoms with van der Waals surface area (Å²) in [5.41, 5.74) is -0.247. The average molecular weight is 192 g/mol. The maximum Gasteiger partial charge on any atom is 0.290 e. The number of rotatable bonds is 0. The lowest BCUT2D eigenvalue weighted by atomic mass is 10.4. The predicted molar refractivity (Wildman–Crippen MR) is 48.9 cm³/mol. The Labute approximate surface area is 76.3 Å². The van der Waals surface area contributed by atoms with Crippen LogP contribution in [-0.4, -0.2) is 21.9 Å². The third-order valence-corrected chi connectivity index (χ3v) is 2.87. The molecule has 0 saturated heterocycles. The first-order valence-electron chi connectivity index (χ1n) is 3.70. The summed E-state index contributed by atoms with van der Waals surface area (Å²) in [6, 6.07) is 0. The van der Waals surface area contributed by atoms with Gasteiger partial charge in [0.25, 0.3) is 5.56 Å². The fourth-order valence-electron chi connectivity index (χ4n) is 1.35. The van der Waals surface area contributed by atoms with Crippen LogP contribution in [0.3, 0.4) is 0 Å². The van der Waals surface area contributed by atoms with E-state index in [2.05, 4.69) is 20.2 Å². The number of amidine groups is 1. The van der Waals surface area contributed by atoms with Crippen molar-refractivity contribution in [3.05, 3.63) is 27.1 Å². The zero-order chi connectivity index (χ0) is 8.84. The largest absolute Gasteiger partial charge is 0.290 e. The molecular weight excluding hydrogens is 188 g/mol. The maximum absolute atomic E-state index is 11.3. The molecule has 6 heteroatoms. The molecule has 3 heterocycles. The number of thioether (sulfide) groups is 1. The van der Waals surface area contributed by atoms with Crippen molar-refractivity contribution in [3.8, 4) is 0 Å². The van der Waals surface area contributed by atoms with Crippen LogP contribution in [0.2, 0.25) is 0 Å². The summed E-state index contributed by atoms with van der Waals surface area (Å²) in [5, 5.41) is 7.32. The molecule has 1 aromatic heterocycles. The highest BCUT2D eigenvalue weighted by Gasteiger charge is 2.20. The third-order valence-electron chi connectivity index (χ3n) is 1.92. The number of H-pyrrole nitrogens is 1. The van der Waals surface area contributed by atoms with E-state index < -0.39 is 0 Å². The highest BCUT2D eigenvalue weighted by atomic mass is 32.2. The van der Waals surface area contributed by atoms with E-state index in [-0.39, 0.29) is 5.56 Å². The van der Waals surface area contributed by atoms with Gasteiger partial charge in [0.15, 0.2) is 5.84 Å². The molecule has 0 spiro atoms.